The Morgan fingerprint density at radius 2 is 1.63 bits per heavy atom. The number of carbonyl (C=O) groups excluding carboxylic acids is 1. The van der Waals surface area contributed by atoms with Crippen molar-refractivity contribution >= 4 is 11.6 Å². The van der Waals surface area contributed by atoms with Crippen molar-refractivity contribution in [2.24, 2.45) is 14.1 Å². The molecule has 0 radical (unpaired) electrons. The van der Waals surface area contributed by atoms with Gasteiger partial charge in [-0.3, -0.25) is 14.2 Å². The number of benzene rings is 3. The number of hydrogen-bond donors (Lipinski definition) is 2. The number of halogens is 1. The Labute approximate surface area is 237 Å². The molecule has 1 amide bonds. The third-order valence-electron chi connectivity index (χ3n) is 7.11. The lowest BCUT2D eigenvalue weighted by Gasteiger charge is -2.18. The summed E-state index contributed by atoms with van der Waals surface area (Å²) in [6, 6.07) is 14.8. The normalized spacial score (nSPS) is 11.1. The molecule has 0 atom stereocenters. The topological polar surface area (TPSA) is 107 Å². The molecule has 0 unspecified atom stereocenters. The molecule has 0 aliphatic rings. The summed E-state index contributed by atoms with van der Waals surface area (Å²) in [5.74, 6) is -0.602. The van der Waals surface area contributed by atoms with Crippen LogP contribution < -0.4 is 26.6 Å². The summed E-state index contributed by atoms with van der Waals surface area (Å²) >= 11 is 0. The molecule has 4 aromatic rings. The van der Waals surface area contributed by atoms with E-state index < -0.39 is 17.2 Å². The number of nitrogens with zero attached hydrogens (tertiary/aromatic N) is 3. The van der Waals surface area contributed by atoms with Gasteiger partial charge in [-0.15, -0.1) is 0 Å². The maximum absolute atomic E-state index is 15.3. The lowest BCUT2D eigenvalue weighted by Crippen LogP contribution is -2.43. The molecular weight excluding hydrogens is 525 g/mol. The van der Waals surface area contributed by atoms with E-state index in [-0.39, 0.29) is 17.6 Å². The predicted octanol–water partition coefficient (Wildman–Crippen LogP) is 4.33. The molecule has 0 saturated carbocycles. The molecule has 41 heavy (non-hydrogen) atoms. The molecule has 9 nitrogen and oxygen atoms in total. The molecule has 2 N–H and O–H groups in total. The van der Waals surface area contributed by atoms with Crippen LogP contribution in [0.15, 0.2) is 58.1 Å². The third-order valence-corrected chi connectivity index (χ3v) is 7.11. The molecule has 0 fully saturated rings. The van der Waals surface area contributed by atoms with Gasteiger partial charge in [0.25, 0.3) is 11.5 Å². The van der Waals surface area contributed by atoms with Gasteiger partial charge in [0.2, 0.25) is 5.69 Å². The molecular formula is C31H34FN5O4. The summed E-state index contributed by atoms with van der Waals surface area (Å²) in [4.78, 5) is 37.5. The number of ether oxygens (including phenoxy) is 1. The van der Waals surface area contributed by atoms with E-state index in [2.05, 4.69) is 15.7 Å². The minimum absolute atomic E-state index is 0.199. The molecule has 3 aromatic carbocycles. The fourth-order valence-corrected chi connectivity index (χ4v) is 4.75. The largest absolute Gasteiger partial charge is 0.496 e. The SMILES string of the molecule is COc1cc(-c2cccc(-c3cccc(NC(=O)c4nn(C)c(=O)n(C)c4=O)c3C)c2C)cc(F)c1CNC(C)C. The second-order valence-electron chi connectivity index (χ2n) is 10.2. The van der Waals surface area contributed by atoms with Crippen LogP contribution in [0.3, 0.4) is 0 Å². The summed E-state index contributed by atoms with van der Waals surface area (Å²) in [6.07, 6.45) is 0. The maximum atomic E-state index is 15.3. The highest BCUT2D eigenvalue weighted by atomic mass is 19.1. The molecule has 0 spiro atoms. The van der Waals surface area contributed by atoms with Crippen molar-refractivity contribution in [3.8, 4) is 28.0 Å². The summed E-state index contributed by atoms with van der Waals surface area (Å²) in [7, 11) is 4.20. The van der Waals surface area contributed by atoms with Gasteiger partial charge in [0.15, 0.2) is 0 Å². The number of anilines is 1. The summed E-state index contributed by atoms with van der Waals surface area (Å²) in [5, 5.41) is 9.86. The minimum atomic E-state index is -0.781. The Morgan fingerprint density at radius 3 is 2.29 bits per heavy atom. The molecule has 0 saturated heterocycles. The van der Waals surface area contributed by atoms with Gasteiger partial charge >= 0.3 is 5.69 Å². The molecule has 1 aromatic heterocycles. The number of carbonyl (C=O) groups is 1. The van der Waals surface area contributed by atoms with Crippen LogP contribution in [0.25, 0.3) is 22.3 Å². The van der Waals surface area contributed by atoms with E-state index in [1.54, 1.807) is 12.1 Å². The van der Waals surface area contributed by atoms with Crippen LogP contribution in [0.5, 0.6) is 5.75 Å². The molecule has 4 rings (SSSR count). The first-order chi connectivity index (χ1) is 19.4. The highest BCUT2D eigenvalue weighted by Gasteiger charge is 2.20. The van der Waals surface area contributed by atoms with E-state index in [0.717, 1.165) is 37.1 Å². The highest BCUT2D eigenvalue weighted by molar-refractivity contribution is 6.03. The number of amides is 1. The summed E-state index contributed by atoms with van der Waals surface area (Å²) < 4.78 is 22.6. The second-order valence-corrected chi connectivity index (χ2v) is 10.2. The lowest BCUT2D eigenvalue weighted by atomic mass is 9.90. The fourth-order valence-electron chi connectivity index (χ4n) is 4.75. The average molecular weight is 560 g/mol. The standard InChI is InChI=1S/C31H34FN5O4/c1-17(2)33-16-24-25(32)14-20(15-27(24)41-7)21-10-8-11-22(18(21)3)23-12-9-13-26(19(23)4)34-29(38)28-30(39)36(5)31(40)37(6)35-28/h8-15,17,33H,16H2,1-7H3,(H,34,38). The molecule has 214 valence electrons. The molecule has 0 aliphatic heterocycles. The van der Waals surface area contributed by atoms with Gasteiger partial charge < -0.3 is 15.4 Å². The van der Waals surface area contributed by atoms with E-state index in [1.165, 1.54) is 27.3 Å². The first-order valence-corrected chi connectivity index (χ1v) is 13.2. The van der Waals surface area contributed by atoms with Crippen LogP contribution >= 0.6 is 0 Å². The van der Waals surface area contributed by atoms with E-state index in [0.29, 0.717) is 29.1 Å². The zero-order chi connectivity index (χ0) is 30.0. The molecule has 0 bridgehead atoms. The summed E-state index contributed by atoms with van der Waals surface area (Å²) in [6.45, 7) is 8.18. The van der Waals surface area contributed by atoms with Gasteiger partial charge in [-0.2, -0.15) is 5.10 Å². The third kappa shape index (κ3) is 5.83. The Hall–Kier alpha value is -4.57. The average Bonchev–Trinajstić information content (AvgIpc) is 2.94. The van der Waals surface area contributed by atoms with Gasteiger partial charge in [0.1, 0.15) is 11.6 Å². The van der Waals surface area contributed by atoms with E-state index in [1.807, 2.05) is 58.0 Å². The van der Waals surface area contributed by atoms with Crippen LogP contribution in [0.4, 0.5) is 10.1 Å². The number of aryl methyl sites for hydroxylation is 1. The van der Waals surface area contributed by atoms with E-state index in [9.17, 15) is 14.4 Å². The number of methoxy groups -OCH3 is 1. The van der Waals surface area contributed by atoms with Crippen LogP contribution in [0.1, 0.15) is 41.0 Å². The quantitative estimate of drug-likeness (QED) is 0.333. The van der Waals surface area contributed by atoms with Crippen molar-refractivity contribution in [3.63, 3.8) is 0 Å². The smallest absolute Gasteiger partial charge is 0.346 e. The zero-order valence-corrected chi connectivity index (χ0v) is 24.3. The molecule has 1 heterocycles. The minimum Gasteiger partial charge on any atom is -0.496 e. The Balaban J connectivity index is 1.73. The van der Waals surface area contributed by atoms with Crippen molar-refractivity contribution in [1.82, 2.24) is 19.7 Å². The number of nitrogens with one attached hydrogen (secondary N) is 2. The van der Waals surface area contributed by atoms with Crippen molar-refractivity contribution in [3.05, 3.63) is 97.6 Å². The van der Waals surface area contributed by atoms with Crippen molar-refractivity contribution < 1.29 is 13.9 Å². The van der Waals surface area contributed by atoms with Crippen molar-refractivity contribution in [1.29, 1.82) is 0 Å². The number of aromatic nitrogens is 3. The first kappa shape index (κ1) is 29.4. The highest BCUT2D eigenvalue weighted by Crippen LogP contribution is 2.37. The fraction of sp³-hybridized carbons (Fsp3) is 0.290. The van der Waals surface area contributed by atoms with Crippen LogP contribution in [0, 0.1) is 19.7 Å². The van der Waals surface area contributed by atoms with Gasteiger partial charge in [0, 0.05) is 37.9 Å². The summed E-state index contributed by atoms with van der Waals surface area (Å²) in [5.41, 5.74) is 4.14. The number of rotatable bonds is 8. The van der Waals surface area contributed by atoms with E-state index >= 15 is 4.39 Å². The second kappa shape index (κ2) is 11.9. The zero-order valence-electron chi connectivity index (χ0n) is 24.3. The van der Waals surface area contributed by atoms with Crippen LogP contribution in [-0.4, -0.2) is 33.4 Å². The number of hydrogen-bond acceptors (Lipinski definition) is 6. The van der Waals surface area contributed by atoms with Crippen molar-refractivity contribution in [2.75, 3.05) is 12.4 Å². The predicted molar refractivity (Wildman–Crippen MR) is 158 cm³/mol. The van der Waals surface area contributed by atoms with Crippen LogP contribution in [-0.2, 0) is 20.6 Å². The van der Waals surface area contributed by atoms with Crippen molar-refractivity contribution in [2.45, 2.75) is 40.3 Å². The molecule has 10 heteroatoms. The Kier molecular flexibility index (Phi) is 8.53. The monoisotopic (exact) mass is 559 g/mol. The Morgan fingerprint density at radius 1 is 1.00 bits per heavy atom. The molecule has 0 aliphatic carbocycles. The van der Waals surface area contributed by atoms with E-state index in [4.69, 9.17) is 4.74 Å². The van der Waals surface area contributed by atoms with Gasteiger partial charge in [-0.1, -0.05) is 44.2 Å². The van der Waals surface area contributed by atoms with Gasteiger partial charge in [-0.05, 0) is 65.4 Å². The lowest BCUT2D eigenvalue weighted by molar-refractivity contribution is 0.101. The maximum Gasteiger partial charge on any atom is 0.346 e. The Bertz CT molecular complexity index is 1760. The van der Waals surface area contributed by atoms with Gasteiger partial charge in [-0.25, -0.2) is 13.9 Å². The van der Waals surface area contributed by atoms with Gasteiger partial charge in [0.05, 0.1) is 7.11 Å². The van der Waals surface area contributed by atoms with Crippen LogP contribution in [0.2, 0.25) is 0 Å². The first-order valence-electron chi connectivity index (χ1n) is 13.2.